The minimum atomic E-state index is -2.85. The molecule has 1 saturated heterocycles. The predicted octanol–water partition coefficient (Wildman–Crippen LogP) is 8.03. The summed E-state index contributed by atoms with van der Waals surface area (Å²) in [4.78, 5) is 47.4. The number of amides is 1. The summed E-state index contributed by atoms with van der Waals surface area (Å²) in [7, 11) is -1.42. The van der Waals surface area contributed by atoms with Crippen molar-refractivity contribution >= 4 is 26.5 Å². The lowest BCUT2D eigenvalue weighted by molar-refractivity contribution is -0.0592. The lowest BCUT2D eigenvalue weighted by Gasteiger charge is -2.35. The fourth-order valence-electron chi connectivity index (χ4n) is 10.7. The van der Waals surface area contributed by atoms with Crippen molar-refractivity contribution in [1.82, 2.24) is 38.5 Å². The molecule has 2 aliphatic heterocycles. The van der Waals surface area contributed by atoms with Crippen LogP contribution in [0.5, 0.6) is 0 Å². The second-order valence-electron chi connectivity index (χ2n) is 18.9. The highest BCUT2D eigenvalue weighted by molar-refractivity contribution is 7.93. The number of aryl methyl sites for hydroxylation is 2. The molecule has 1 N–H and O–H groups in total. The molecule has 10 rings (SSSR count). The number of hydrogen-bond donors (Lipinski definition) is 1. The molecule has 3 aromatic carbocycles. The lowest BCUT2D eigenvalue weighted by Crippen LogP contribution is -2.41. The van der Waals surface area contributed by atoms with Crippen molar-refractivity contribution in [3.05, 3.63) is 139 Å². The molecule has 4 aromatic heterocycles. The molecule has 2 fully saturated rings. The molecule has 18 heteroatoms. The van der Waals surface area contributed by atoms with Crippen LogP contribution in [0.4, 0.5) is 8.78 Å². The number of hydrogen-bond acceptors (Lipinski definition) is 9. The second-order valence-corrected chi connectivity index (χ2v) is 21.6. The monoisotopic (exact) mass is 933 g/mol. The summed E-state index contributed by atoms with van der Waals surface area (Å²) in [6, 6.07) is 15.0. The van der Waals surface area contributed by atoms with Gasteiger partial charge < -0.3 is 14.2 Å². The van der Waals surface area contributed by atoms with Crippen LogP contribution >= 0.6 is 0 Å². The topological polar surface area (TPSA) is 168 Å². The zero-order valence-corrected chi connectivity index (χ0v) is 39.5. The number of nitrogens with zero attached hydrogens (tertiary/aromatic N) is 8. The zero-order chi connectivity index (χ0) is 47.5. The fourth-order valence-corrected chi connectivity index (χ4v) is 12.1. The largest absolute Gasteiger partial charge is 0.438 e. The fraction of sp³-hybridized carbons (Fsp3) is 0.408. The maximum absolute atomic E-state index is 16.0. The highest BCUT2D eigenvalue weighted by atomic mass is 32.2. The zero-order valence-electron chi connectivity index (χ0n) is 38.7. The molecule has 3 aliphatic rings. The van der Waals surface area contributed by atoms with E-state index in [1.54, 1.807) is 42.5 Å². The Balaban J connectivity index is 1.11. The van der Waals surface area contributed by atoms with Crippen molar-refractivity contribution < 1.29 is 27.0 Å². The van der Waals surface area contributed by atoms with E-state index in [4.69, 9.17) is 14.4 Å². The maximum Gasteiger partial charge on any atom is 0.438 e. The molecule has 350 valence electrons. The molecule has 0 unspecified atom stereocenters. The normalized spacial score (nSPS) is 22.2. The van der Waals surface area contributed by atoms with Crippen LogP contribution in [-0.4, -0.2) is 80.2 Å². The smallest absolute Gasteiger partial charge is 0.376 e. The second kappa shape index (κ2) is 15.9. The van der Waals surface area contributed by atoms with Crippen molar-refractivity contribution in [2.75, 3.05) is 26.0 Å². The van der Waals surface area contributed by atoms with Gasteiger partial charge in [0.05, 0.1) is 43.3 Å². The Morgan fingerprint density at radius 2 is 1.73 bits per heavy atom. The summed E-state index contributed by atoms with van der Waals surface area (Å²) in [6.07, 6.45) is 5.59. The standard InChI is InChI=1S/C49H53F2N9O6S/c1-9-67(64,52-8)35-11-13-39(36(50)24-35)57-17-18-58(47(57)63)43-41-30(5)56(16-14-37(41)54-60(43)34-20-27(2)42(51)28(3)21-34)44(61)40-23-33-22-31(32-15-19-65-48(6,7)26-32)10-12-38(33)59(40)49(25-29(49)4)45-53-46(62)66-55-45/h10-13,17-18,20-24,29-30,32H,9,14-16,19,25-26H2,1-8H3,(H,53,55,62)/t29-,30-,32-,49-,67+/m0/s1. The third-order valence-electron chi connectivity index (χ3n) is 14.3. The van der Waals surface area contributed by atoms with E-state index in [9.17, 15) is 13.8 Å². The minimum Gasteiger partial charge on any atom is -0.376 e. The number of carbonyl (C=O) groups excluding carboxylic acids is 1. The van der Waals surface area contributed by atoms with E-state index in [-0.39, 0.29) is 52.0 Å². The SMILES string of the molecule is CC[S@](=O)(=NC)c1ccc(-n2ccn(-c3c4c(nn3-c3cc(C)c(F)c(C)c3)CCN(C(=O)c3cc5cc([C@H]6CCOC(C)(C)C6)ccc5n3[C@@]3(c5noc(=O)[nH]5)C[C@@H]3C)[C@H]4C)c2=O)c(F)c1. The average Bonchev–Trinajstić information content (AvgIpc) is 3.79. The quantitative estimate of drug-likeness (QED) is 0.152. The number of ether oxygens (including phenoxy) is 1. The van der Waals surface area contributed by atoms with Gasteiger partial charge in [-0.15, -0.1) is 0 Å². The van der Waals surface area contributed by atoms with Gasteiger partial charge in [-0.3, -0.25) is 23.4 Å². The van der Waals surface area contributed by atoms with Crippen molar-refractivity contribution in [3.8, 4) is 17.2 Å². The molecule has 6 heterocycles. The van der Waals surface area contributed by atoms with Gasteiger partial charge in [0.2, 0.25) is 0 Å². The van der Waals surface area contributed by atoms with E-state index in [1.807, 2.05) is 17.6 Å². The summed E-state index contributed by atoms with van der Waals surface area (Å²) >= 11 is 0. The molecule has 67 heavy (non-hydrogen) atoms. The predicted molar refractivity (Wildman–Crippen MR) is 248 cm³/mol. The third kappa shape index (κ3) is 7.04. The molecule has 1 amide bonds. The van der Waals surface area contributed by atoms with Gasteiger partial charge in [-0.2, -0.15) is 5.10 Å². The van der Waals surface area contributed by atoms with Crippen LogP contribution in [0.3, 0.4) is 0 Å². The van der Waals surface area contributed by atoms with Crippen LogP contribution < -0.4 is 11.4 Å². The Morgan fingerprint density at radius 3 is 2.37 bits per heavy atom. The van der Waals surface area contributed by atoms with Crippen LogP contribution in [0.2, 0.25) is 0 Å². The number of carbonyl (C=O) groups is 1. The van der Waals surface area contributed by atoms with Gasteiger partial charge in [-0.05, 0) is 131 Å². The van der Waals surface area contributed by atoms with Gasteiger partial charge in [0, 0.05) is 61.2 Å². The number of aromatic nitrogens is 7. The van der Waals surface area contributed by atoms with Crippen molar-refractivity contribution in [3.63, 3.8) is 0 Å². The van der Waals surface area contributed by atoms with Crippen molar-refractivity contribution in [2.24, 2.45) is 10.3 Å². The number of H-pyrrole nitrogens is 1. The summed E-state index contributed by atoms with van der Waals surface area (Å²) < 4.78 is 65.7. The number of imidazole rings is 1. The van der Waals surface area contributed by atoms with Gasteiger partial charge in [-0.25, -0.2) is 31.6 Å². The highest BCUT2D eigenvalue weighted by Gasteiger charge is 2.59. The molecule has 0 bridgehead atoms. The number of fused-ring (bicyclic) bond motifs is 2. The van der Waals surface area contributed by atoms with Crippen LogP contribution in [0, 0.1) is 31.4 Å². The highest BCUT2D eigenvalue weighted by Crippen LogP contribution is 2.56. The maximum atomic E-state index is 16.0. The Hall–Kier alpha value is -6.40. The lowest BCUT2D eigenvalue weighted by atomic mass is 9.83. The molecule has 0 radical (unpaired) electrons. The van der Waals surface area contributed by atoms with Crippen LogP contribution in [0.25, 0.3) is 28.1 Å². The molecular formula is C49H53F2N9O6S. The minimum absolute atomic E-state index is 0.0152. The summed E-state index contributed by atoms with van der Waals surface area (Å²) in [5, 5.41) is 10.1. The van der Waals surface area contributed by atoms with Gasteiger partial charge >= 0.3 is 11.4 Å². The summed E-state index contributed by atoms with van der Waals surface area (Å²) in [6.45, 7) is 14.1. The van der Waals surface area contributed by atoms with E-state index in [0.717, 1.165) is 39.9 Å². The first-order valence-corrected chi connectivity index (χ1v) is 24.4. The van der Waals surface area contributed by atoms with Gasteiger partial charge in [-0.1, -0.05) is 25.1 Å². The van der Waals surface area contributed by atoms with E-state index in [0.29, 0.717) is 64.9 Å². The number of rotatable bonds is 9. The van der Waals surface area contributed by atoms with E-state index in [2.05, 4.69) is 53.5 Å². The first-order valence-electron chi connectivity index (χ1n) is 22.7. The van der Waals surface area contributed by atoms with E-state index >= 15 is 13.6 Å². The molecule has 1 aliphatic carbocycles. The van der Waals surface area contributed by atoms with E-state index < -0.39 is 38.6 Å². The molecule has 15 nitrogen and oxygen atoms in total. The molecular weight excluding hydrogens is 881 g/mol. The Labute approximate surface area is 385 Å². The average molecular weight is 934 g/mol. The molecule has 1 saturated carbocycles. The first-order chi connectivity index (χ1) is 31.9. The van der Waals surface area contributed by atoms with Gasteiger partial charge in [0.1, 0.15) is 28.7 Å². The van der Waals surface area contributed by atoms with Crippen molar-refractivity contribution in [2.45, 2.75) is 102 Å². The van der Waals surface area contributed by atoms with Crippen LogP contribution in [0.1, 0.15) is 110 Å². The molecule has 5 atom stereocenters. The Morgan fingerprint density at radius 1 is 1.00 bits per heavy atom. The van der Waals surface area contributed by atoms with Crippen LogP contribution in [-0.2, 0) is 26.4 Å². The third-order valence-corrected chi connectivity index (χ3v) is 16.7. The van der Waals surface area contributed by atoms with Crippen molar-refractivity contribution in [1.29, 1.82) is 0 Å². The number of benzene rings is 3. The van der Waals surface area contributed by atoms with Gasteiger partial charge in [0.15, 0.2) is 5.82 Å². The number of aromatic amines is 1. The van der Waals surface area contributed by atoms with Crippen LogP contribution in [0.15, 0.2) is 90.4 Å². The Bertz CT molecular complexity index is 3400. The number of halogens is 2. The first kappa shape index (κ1) is 44.4. The number of nitrogens with one attached hydrogen (secondary N) is 1. The summed E-state index contributed by atoms with van der Waals surface area (Å²) in [5.41, 5.74) is 2.98. The summed E-state index contributed by atoms with van der Waals surface area (Å²) in [5.74, 6) is -1.02. The molecule has 0 spiro atoms. The van der Waals surface area contributed by atoms with Gasteiger partial charge in [0.25, 0.3) is 5.91 Å². The van der Waals surface area contributed by atoms with E-state index in [1.165, 1.54) is 36.1 Å². The molecule has 7 aromatic rings. The Kier molecular flexibility index (Phi) is 10.5.